The van der Waals surface area contributed by atoms with E-state index in [-0.39, 0.29) is 17.5 Å². The summed E-state index contributed by atoms with van der Waals surface area (Å²) in [4.78, 5) is 20.2. The first-order chi connectivity index (χ1) is 9.86. The predicted molar refractivity (Wildman–Crippen MR) is 82.5 cm³/mol. The molecule has 2 aromatic rings. The van der Waals surface area contributed by atoms with Crippen LogP contribution in [-0.4, -0.2) is 31.8 Å². The van der Waals surface area contributed by atoms with Gasteiger partial charge in [-0.25, -0.2) is 14.8 Å². The number of nitrogens with zero attached hydrogens (tertiary/aromatic N) is 4. The summed E-state index contributed by atoms with van der Waals surface area (Å²) >= 11 is 1.43. The summed E-state index contributed by atoms with van der Waals surface area (Å²) in [5.41, 5.74) is 2.54. The molecular formula is C13H20N6OS. The number of anilines is 1. The molecule has 0 aliphatic rings. The Bertz CT molecular complexity index is 586. The number of amides is 2. The van der Waals surface area contributed by atoms with Gasteiger partial charge in [-0.05, 0) is 6.92 Å². The van der Waals surface area contributed by atoms with Crippen molar-refractivity contribution in [3.63, 3.8) is 0 Å². The van der Waals surface area contributed by atoms with Crippen molar-refractivity contribution in [2.75, 3.05) is 5.32 Å². The lowest BCUT2D eigenvalue weighted by Gasteiger charge is -2.19. The van der Waals surface area contributed by atoms with Crippen LogP contribution in [-0.2, 0) is 12.0 Å². The van der Waals surface area contributed by atoms with Gasteiger partial charge in [0.05, 0.1) is 17.7 Å². The average molecular weight is 308 g/mol. The van der Waals surface area contributed by atoms with Gasteiger partial charge in [0.1, 0.15) is 17.7 Å². The van der Waals surface area contributed by atoms with Crippen LogP contribution in [0.25, 0.3) is 0 Å². The van der Waals surface area contributed by atoms with Crippen molar-refractivity contribution in [1.82, 2.24) is 25.1 Å². The summed E-state index contributed by atoms with van der Waals surface area (Å²) < 4.78 is 1.68. The first kappa shape index (κ1) is 15.4. The Hall–Kier alpha value is -1.96. The van der Waals surface area contributed by atoms with E-state index in [1.807, 2.05) is 6.92 Å². The normalized spacial score (nSPS) is 13.0. The maximum absolute atomic E-state index is 12.0. The van der Waals surface area contributed by atoms with Crippen molar-refractivity contribution in [3.05, 3.63) is 23.9 Å². The van der Waals surface area contributed by atoms with Crippen molar-refractivity contribution in [1.29, 1.82) is 0 Å². The van der Waals surface area contributed by atoms with Crippen LogP contribution in [0.4, 0.5) is 9.80 Å². The topological polar surface area (TPSA) is 84.7 Å². The van der Waals surface area contributed by atoms with E-state index in [1.165, 1.54) is 17.7 Å². The zero-order chi connectivity index (χ0) is 15.5. The number of thiazole rings is 1. The minimum absolute atomic E-state index is 0.0577. The molecule has 8 heteroatoms. The van der Waals surface area contributed by atoms with E-state index in [0.29, 0.717) is 6.54 Å². The molecule has 114 valence electrons. The minimum atomic E-state index is -0.239. The quantitative estimate of drug-likeness (QED) is 0.907. The van der Waals surface area contributed by atoms with Gasteiger partial charge in [0.2, 0.25) is 0 Å². The van der Waals surface area contributed by atoms with Crippen molar-refractivity contribution in [2.24, 2.45) is 0 Å². The van der Waals surface area contributed by atoms with Crippen LogP contribution in [0.3, 0.4) is 0 Å². The monoisotopic (exact) mass is 308 g/mol. The molecule has 0 saturated heterocycles. The second-order valence-electron chi connectivity index (χ2n) is 5.90. The third-order valence-corrected chi connectivity index (χ3v) is 3.55. The number of carbonyl (C=O) groups excluding carboxylic acids is 1. The Balaban J connectivity index is 1.91. The maximum atomic E-state index is 12.0. The molecule has 7 nitrogen and oxygen atoms in total. The van der Waals surface area contributed by atoms with Gasteiger partial charge in [-0.3, -0.25) is 10.00 Å². The Morgan fingerprint density at radius 1 is 1.48 bits per heavy atom. The minimum Gasteiger partial charge on any atom is -0.334 e. The number of nitrogens with one attached hydrogen (secondary N) is 2. The molecule has 2 heterocycles. The highest BCUT2D eigenvalue weighted by Gasteiger charge is 2.22. The van der Waals surface area contributed by atoms with Gasteiger partial charge in [-0.1, -0.05) is 20.8 Å². The smallest absolute Gasteiger partial charge is 0.320 e. The number of aromatic nitrogens is 4. The fourth-order valence-corrected chi connectivity index (χ4v) is 2.77. The van der Waals surface area contributed by atoms with Crippen molar-refractivity contribution in [2.45, 2.75) is 45.7 Å². The molecule has 0 saturated carbocycles. The zero-order valence-electron chi connectivity index (χ0n) is 12.6. The van der Waals surface area contributed by atoms with Crippen LogP contribution in [0.1, 0.15) is 33.4 Å². The molecule has 0 aliphatic carbocycles. The van der Waals surface area contributed by atoms with E-state index in [0.717, 1.165) is 10.7 Å². The Labute approximate surface area is 127 Å². The van der Waals surface area contributed by atoms with E-state index < -0.39 is 0 Å². The fourth-order valence-electron chi connectivity index (χ4n) is 1.89. The first-order valence-electron chi connectivity index (χ1n) is 6.70. The molecular weight excluding hydrogens is 288 g/mol. The molecule has 1 atom stereocenters. The summed E-state index contributed by atoms with van der Waals surface area (Å²) in [6, 6.07) is -0.296. The highest BCUT2D eigenvalue weighted by molar-refractivity contribution is 7.14. The molecule has 0 bridgehead atoms. The van der Waals surface area contributed by atoms with Crippen LogP contribution in [0.2, 0.25) is 0 Å². The second-order valence-corrected chi connectivity index (χ2v) is 6.75. The number of hydrogen-bond donors (Lipinski definition) is 2. The number of urea groups is 1. The SMILES string of the molecule is C[C@@H](Cn1cncn1)NC(=O)Nc1scnc1C(C)(C)C. The Kier molecular flexibility index (Phi) is 4.56. The third kappa shape index (κ3) is 4.25. The standard InChI is InChI=1S/C13H20N6OS/c1-9(5-19-7-14-6-16-19)17-12(20)18-11-10(13(2,3)4)15-8-21-11/h6-9H,5H2,1-4H3,(H2,17,18,20)/t9-/m0/s1. The molecule has 2 aromatic heterocycles. The van der Waals surface area contributed by atoms with Crippen LogP contribution in [0.15, 0.2) is 18.2 Å². The van der Waals surface area contributed by atoms with E-state index in [9.17, 15) is 4.79 Å². The van der Waals surface area contributed by atoms with Crippen molar-refractivity contribution >= 4 is 22.4 Å². The molecule has 0 radical (unpaired) electrons. The Morgan fingerprint density at radius 3 is 2.86 bits per heavy atom. The molecule has 0 aromatic carbocycles. The number of hydrogen-bond acceptors (Lipinski definition) is 5. The average Bonchev–Trinajstić information content (AvgIpc) is 2.98. The van der Waals surface area contributed by atoms with Gasteiger partial charge in [0, 0.05) is 11.5 Å². The molecule has 2 N–H and O–H groups in total. The maximum Gasteiger partial charge on any atom is 0.320 e. The summed E-state index contributed by atoms with van der Waals surface area (Å²) in [7, 11) is 0. The zero-order valence-corrected chi connectivity index (χ0v) is 13.4. The van der Waals surface area contributed by atoms with E-state index in [4.69, 9.17) is 0 Å². The van der Waals surface area contributed by atoms with Crippen LogP contribution in [0.5, 0.6) is 0 Å². The molecule has 0 fully saturated rings. The lowest BCUT2D eigenvalue weighted by Crippen LogP contribution is -2.38. The van der Waals surface area contributed by atoms with E-state index in [1.54, 1.807) is 16.5 Å². The lowest BCUT2D eigenvalue weighted by molar-refractivity contribution is 0.247. The summed E-state index contributed by atoms with van der Waals surface area (Å²) in [5, 5.41) is 10.5. The van der Waals surface area contributed by atoms with Gasteiger partial charge >= 0.3 is 6.03 Å². The summed E-state index contributed by atoms with van der Waals surface area (Å²) in [5.74, 6) is 0. The van der Waals surface area contributed by atoms with Gasteiger partial charge < -0.3 is 5.32 Å². The molecule has 0 unspecified atom stereocenters. The van der Waals surface area contributed by atoms with E-state index >= 15 is 0 Å². The van der Waals surface area contributed by atoms with Gasteiger partial charge in [0.25, 0.3) is 0 Å². The molecule has 0 aliphatic heterocycles. The molecule has 21 heavy (non-hydrogen) atoms. The molecule has 0 spiro atoms. The van der Waals surface area contributed by atoms with Crippen LogP contribution >= 0.6 is 11.3 Å². The Morgan fingerprint density at radius 2 is 2.24 bits per heavy atom. The molecule has 2 rings (SSSR count). The highest BCUT2D eigenvalue weighted by Crippen LogP contribution is 2.31. The fraction of sp³-hybridized carbons (Fsp3) is 0.538. The predicted octanol–water partition coefficient (Wildman–Crippen LogP) is 2.24. The van der Waals surface area contributed by atoms with Crippen molar-refractivity contribution in [3.8, 4) is 0 Å². The van der Waals surface area contributed by atoms with Crippen molar-refractivity contribution < 1.29 is 4.79 Å². The largest absolute Gasteiger partial charge is 0.334 e. The van der Waals surface area contributed by atoms with E-state index in [2.05, 4.69) is 46.5 Å². The number of carbonyl (C=O) groups is 1. The third-order valence-electron chi connectivity index (χ3n) is 2.81. The highest BCUT2D eigenvalue weighted by atomic mass is 32.1. The summed E-state index contributed by atoms with van der Waals surface area (Å²) in [6.07, 6.45) is 3.09. The van der Waals surface area contributed by atoms with Gasteiger partial charge in [-0.2, -0.15) is 5.10 Å². The van der Waals surface area contributed by atoms with Gasteiger partial charge in [0.15, 0.2) is 0 Å². The summed E-state index contributed by atoms with van der Waals surface area (Å²) in [6.45, 7) is 8.69. The second kappa shape index (κ2) is 6.21. The van der Waals surface area contributed by atoms with Crippen LogP contribution < -0.4 is 10.6 Å². The molecule has 2 amide bonds. The first-order valence-corrected chi connectivity index (χ1v) is 7.58. The van der Waals surface area contributed by atoms with Gasteiger partial charge in [-0.15, -0.1) is 11.3 Å². The lowest BCUT2D eigenvalue weighted by atomic mass is 9.92. The number of rotatable bonds is 4. The van der Waals surface area contributed by atoms with Crippen LogP contribution in [0, 0.1) is 0 Å².